The summed E-state index contributed by atoms with van der Waals surface area (Å²) in [5.41, 5.74) is -0.634. The maximum Gasteiger partial charge on any atom is 0.416 e. The van der Waals surface area contributed by atoms with E-state index in [-0.39, 0.29) is 16.9 Å². The molecule has 0 saturated heterocycles. The molecule has 0 aromatic heterocycles. The first kappa shape index (κ1) is 18.8. The highest BCUT2D eigenvalue weighted by Crippen LogP contribution is 2.38. The van der Waals surface area contributed by atoms with Gasteiger partial charge in [0.25, 0.3) is 0 Å². The lowest BCUT2D eigenvalue weighted by molar-refractivity contribution is -0.137. The Balaban J connectivity index is 1.87. The van der Waals surface area contributed by atoms with Crippen molar-refractivity contribution in [1.82, 2.24) is 0 Å². The van der Waals surface area contributed by atoms with E-state index in [0.717, 1.165) is 18.2 Å². The number of carbonyl (C=O) groups excluding carboxylic acids is 1. The van der Waals surface area contributed by atoms with Gasteiger partial charge in [-0.05, 0) is 61.9 Å². The van der Waals surface area contributed by atoms with Gasteiger partial charge in [0.05, 0.1) is 16.7 Å². The van der Waals surface area contributed by atoms with Crippen LogP contribution in [-0.2, 0) is 6.18 Å². The average molecular weight is 374 g/mol. The average Bonchev–Trinajstić information content (AvgIpc) is 2.58. The van der Waals surface area contributed by atoms with Crippen LogP contribution in [-0.4, -0.2) is 16.5 Å². The van der Waals surface area contributed by atoms with Gasteiger partial charge in [0, 0.05) is 0 Å². The molecule has 0 spiro atoms. The standard InChI is InChI=1S/C21H17F3O3/c1-20(2)11-10-16-18(27-20)9-7-15(19(16)26)17(25)8-6-13-4-3-5-14(12-13)21(22,23)24/h3-12,26H,1-2H3/b8-6+. The van der Waals surface area contributed by atoms with Crippen molar-refractivity contribution in [2.24, 2.45) is 0 Å². The molecule has 0 bridgehead atoms. The van der Waals surface area contributed by atoms with Gasteiger partial charge >= 0.3 is 6.18 Å². The van der Waals surface area contributed by atoms with Crippen LogP contribution in [0.2, 0.25) is 0 Å². The monoisotopic (exact) mass is 374 g/mol. The number of benzene rings is 2. The number of aromatic hydroxyl groups is 1. The number of rotatable bonds is 3. The van der Waals surface area contributed by atoms with Gasteiger partial charge in [-0.1, -0.05) is 18.2 Å². The highest BCUT2D eigenvalue weighted by Gasteiger charge is 2.30. The molecule has 6 heteroatoms. The minimum atomic E-state index is -4.45. The lowest BCUT2D eigenvalue weighted by Crippen LogP contribution is -2.27. The van der Waals surface area contributed by atoms with E-state index in [1.165, 1.54) is 24.3 Å². The fraction of sp³-hybridized carbons (Fsp3) is 0.190. The van der Waals surface area contributed by atoms with Crippen LogP contribution >= 0.6 is 0 Å². The molecule has 1 aliphatic rings. The normalized spacial score (nSPS) is 15.4. The number of alkyl halides is 3. The summed E-state index contributed by atoms with van der Waals surface area (Å²) in [5.74, 6) is -0.290. The minimum Gasteiger partial charge on any atom is -0.506 e. The molecule has 1 heterocycles. The lowest BCUT2D eigenvalue weighted by Gasteiger charge is -2.28. The number of halogens is 3. The van der Waals surface area contributed by atoms with Crippen LogP contribution in [0.15, 0.2) is 48.6 Å². The van der Waals surface area contributed by atoms with Crippen LogP contribution in [0.5, 0.6) is 11.5 Å². The Morgan fingerprint density at radius 2 is 1.93 bits per heavy atom. The van der Waals surface area contributed by atoms with Gasteiger partial charge in [-0.15, -0.1) is 0 Å². The zero-order valence-corrected chi connectivity index (χ0v) is 14.7. The number of phenols is 1. The maximum absolute atomic E-state index is 12.8. The zero-order valence-electron chi connectivity index (χ0n) is 14.7. The Morgan fingerprint density at radius 1 is 1.19 bits per heavy atom. The largest absolute Gasteiger partial charge is 0.506 e. The summed E-state index contributed by atoms with van der Waals surface area (Å²) in [6.45, 7) is 3.72. The maximum atomic E-state index is 12.8. The van der Waals surface area contributed by atoms with Gasteiger partial charge in [-0.3, -0.25) is 4.79 Å². The van der Waals surface area contributed by atoms with Gasteiger partial charge in [0.1, 0.15) is 17.1 Å². The molecule has 2 aromatic rings. The van der Waals surface area contributed by atoms with Crippen molar-refractivity contribution in [3.63, 3.8) is 0 Å². The van der Waals surface area contributed by atoms with E-state index in [2.05, 4.69) is 0 Å². The molecule has 0 atom stereocenters. The van der Waals surface area contributed by atoms with Gasteiger partial charge < -0.3 is 9.84 Å². The third-order valence-electron chi connectivity index (χ3n) is 4.11. The summed E-state index contributed by atoms with van der Waals surface area (Å²) >= 11 is 0. The molecular weight excluding hydrogens is 357 g/mol. The summed E-state index contributed by atoms with van der Waals surface area (Å²) in [6.07, 6.45) is 1.41. The van der Waals surface area contributed by atoms with Crippen molar-refractivity contribution in [2.45, 2.75) is 25.6 Å². The molecule has 0 aliphatic carbocycles. The highest BCUT2D eigenvalue weighted by atomic mass is 19.4. The van der Waals surface area contributed by atoms with Crippen molar-refractivity contribution in [1.29, 1.82) is 0 Å². The number of phenolic OH excluding ortho intramolecular Hbond substituents is 1. The fourth-order valence-corrected chi connectivity index (χ4v) is 2.72. The third-order valence-corrected chi connectivity index (χ3v) is 4.11. The molecular formula is C21H17F3O3. The highest BCUT2D eigenvalue weighted by molar-refractivity contribution is 6.09. The van der Waals surface area contributed by atoms with Crippen LogP contribution in [0.3, 0.4) is 0 Å². The third kappa shape index (κ3) is 4.05. The second-order valence-electron chi connectivity index (χ2n) is 6.73. The minimum absolute atomic E-state index is 0.0462. The van der Waals surface area contributed by atoms with E-state index in [1.54, 1.807) is 18.2 Å². The van der Waals surface area contributed by atoms with Crippen LogP contribution in [0.4, 0.5) is 13.2 Å². The van der Waals surface area contributed by atoms with E-state index in [4.69, 9.17) is 4.74 Å². The number of allylic oxidation sites excluding steroid dienone is 1. The van der Waals surface area contributed by atoms with E-state index in [0.29, 0.717) is 11.3 Å². The molecule has 1 N–H and O–H groups in total. The van der Waals surface area contributed by atoms with E-state index < -0.39 is 23.1 Å². The summed E-state index contributed by atoms with van der Waals surface area (Å²) in [7, 11) is 0. The number of fused-ring (bicyclic) bond motifs is 1. The smallest absolute Gasteiger partial charge is 0.416 e. The first-order chi connectivity index (χ1) is 12.6. The summed E-state index contributed by atoms with van der Waals surface area (Å²) in [4.78, 5) is 12.4. The number of carbonyl (C=O) groups is 1. The molecule has 1 aliphatic heterocycles. The summed E-state index contributed by atoms with van der Waals surface area (Å²) in [6, 6.07) is 7.67. The quantitative estimate of drug-likeness (QED) is 0.571. The van der Waals surface area contributed by atoms with Crippen LogP contribution in [0, 0.1) is 0 Å². The van der Waals surface area contributed by atoms with Gasteiger partial charge in [-0.25, -0.2) is 0 Å². The second-order valence-corrected chi connectivity index (χ2v) is 6.73. The Hall–Kier alpha value is -3.02. The molecule has 2 aromatic carbocycles. The molecule has 0 unspecified atom stereocenters. The molecule has 3 rings (SSSR count). The number of hydrogen-bond donors (Lipinski definition) is 1. The zero-order chi connectivity index (χ0) is 19.8. The van der Waals surface area contributed by atoms with Crippen LogP contribution in [0.25, 0.3) is 12.2 Å². The molecule has 0 radical (unpaired) electrons. The number of hydrogen-bond acceptors (Lipinski definition) is 3. The Kier molecular flexibility index (Phi) is 4.59. The van der Waals surface area contributed by atoms with Gasteiger partial charge in [-0.2, -0.15) is 13.2 Å². The van der Waals surface area contributed by atoms with Crippen molar-refractivity contribution in [2.75, 3.05) is 0 Å². The molecule has 0 amide bonds. The van der Waals surface area contributed by atoms with Gasteiger partial charge in [0.2, 0.25) is 0 Å². The Bertz CT molecular complexity index is 954. The van der Waals surface area contributed by atoms with E-state index in [1.807, 2.05) is 13.8 Å². The predicted octanol–water partition coefficient (Wildman–Crippen LogP) is 5.49. The number of ether oxygens (including phenoxy) is 1. The molecule has 140 valence electrons. The Morgan fingerprint density at radius 3 is 2.63 bits per heavy atom. The lowest BCUT2D eigenvalue weighted by atomic mass is 9.98. The summed E-state index contributed by atoms with van der Waals surface area (Å²) in [5, 5.41) is 10.4. The molecule has 27 heavy (non-hydrogen) atoms. The first-order valence-electron chi connectivity index (χ1n) is 8.21. The van der Waals surface area contributed by atoms with Gasteiger partial charge in [0.15, 0.2) is 5.78 Å². The molecule has 0 saturated carbocycles. The van der Waals surface area contributed by atoms with Crippen LogP contribution in [0.1, 0.15) is 40.9 Å². The van der Waals surface area contributed by atoms with Crippen molar-refractivity contribution >= 4 is 17.9 Å². The van der Waals surface area contributed by atoms with E-state index >= 15 is 0 Å². The Labute approximate surface area is 154 Å². The summed E-state index contributed by atoms with van der Waals surface area (Å²) < 4.78 is 44.0. The molecule has 3 nitrogen and oxygen atoms in total. The molecule has 0 fully saturated rings. The topological polar surface area (TPSA) is 46.5 Å². The second kappa shape index (κ2) is 6.61. The van der Waals surface area contributed by atoms with Crippen molar-refractivity contribution in [3.05, 3.63) is 70.8 Å². The SMILES string of the molecule is CC1(C)C=Cc2c(ccc(C(=O)/C=C/c3cccc(C(F)(F)F)c3)c2O)O1. The van der Waals surface area contributed by atoms with Crippen LogP contribution < -0.4 is 4.74 Å². The number of ketones is 1. The van der Waals surface area contributed by atoms with Crippen molar-refractivity contribution < 1.29 is 27.8 Å². The predicted molar refractivity (Wildman–Crippen MR) is 96.7 cm³/mol. The first-order valence-corrected chi connectivity index (χ1v) is 8.21. The van der Waals surface area contributed by atoms with Crippen molar-refractivity contribution in [3.8, 4) is 11.5 Å². The van der Waals surface area contributed by atoms with E-state index in [9.17, 15) is 23.1 Å². The fourth-order valence-electron chi connectivity index (χ4n) is 2.72.